The van der Waals surface area contributed by atoms with Crippen molar-refractivity contribution in [1.82, 2.24) is 55.9 Å². The van der Waals surface area contributed by atoms with Crippen LogP contribution in [0.3, 0.4) is 0 Å². The van der Waals surface area contributed by atoms with E-state index in [-0.39, 0.29) is 75.2 Å². The second-order valence-electron chi connectivity index (χ2n) is 19.9. The Bertz CT molecular complexity index is 2720. The predicted molar refractivity (Wildman–Crippen MR) is 277 cm³/mol. The van der Waals surface area contributed by atoms with Crippen molar-refractivity contribution in [3.63, 3.8) is 0 Å². The molecule has 4 aromatic heterocycles. The van der Waals surface area contributed by atoms with E-state index in [1.54, 1.807) is 28.6 Å². The Morgan fingerprint density at radius 2 is 1.74 bits per heavy atom. The number of thiazole rings is 1. The smallest absolute Gasteiger partial charge is 0.260 e. The fourth-order valence-electron chi connectivity index (χ4n) is 8.87. The number of aromatic nitrogens is 6. The number of β-amino-alcohol motifs (C(OH)–C–C–N with tert-alkyl or cyclic N) is 1. The van der Waals surface area contributed by atoms with Crippen molar-refractivity contribution in [3.8, 4) is 22.0 Å². The van der Waals surface area contributed by atoms with Gasteiger partial charge in [-0.05, 0) is 75.3 Å². The average Bonchev–Trinajstić information content (AvgIpc) is 4.18. The summed E-state index contributed by atoms with van der Waals surface area (Å²) in [7, 11) is 1.94. The van der Waals surface area contributed by atoms with Crippen LogP contribution in [-0.4, -0.2) is 120 Å². The van der Waals surface area contributed by atoms with Gasteiger partial charge in [0.2, 0.25) is 23.6 Å². The monoisotopic (exact) mass is 1000 g/mol. The summed E-state index contributed by atoms with van der Waals surface area (Å²) in [5, 5.41) is 31.0. The zero-order chi connectivity index (χ0) is 51.7. The van der Waals surface area contributed by atoms with E-state index in [2.05, 4.69) is 50.3 Å². The molecule has 6 heterocycles. The molecule has 0 saturated carbocycles. The van der Waals surface area contributed by atoms with Crippen LogP contribution in [0, 0.1) is 12.3 Å². The predicted octanol–water partition coefficient (Wildman–Crippen LogP) is 5.16. The van der Waals surface area contributed by atoms with Crippen LogP contribution in [-0.2, 0) is 45.4 Å². The third-order valence-electron chi connectivity index (χ3n) is 13.3. The number of carbonyl (C=O) groups excluding carboxylic acids is 5. The number of unbranched alkanes of at least 4 members (excludes halogenated alkanes) is 3. The molecule has 19 nitrogen and oxygen atoms in total. The molecular formula is C52H69N13O6S. The lowest BCUT2D eigenvalue weighted by Gasteiger charge is -2.35. The van der Waals surface area contributed by atoms with Gasteiger partial charge in [-0.25, -0.2) is 15.0 Å². The lowest BCUT2D eigenvalue weighted by Crippen LogP contribution is -2.57. The highest BCUT2D eigenvalue weighted by molar-refractivity contribution is 7.13. The Morgan fingerprint density at radius 1 is 0.972 bits per heavy atom. The van der Waals surface area contributed by atoms with Crippen molar-refractivity contribution in [1.29, 1.82) is 0 Å². The lowest BCUT2D eigenvalue weighted by atomic mass is 9.85. The van der Waals surface area contributed by atoms with Crippen LogP contribution in [0.5, 0.6) is 0 Å². The standard InChI is InChI=1S/C52H69N13O6S/c1-9-63-30-57-61-48(63)39-15-14-16-42(58-39)65-29-38-37(50(65)70)24-43(62(8)32(2)3)59-40(38)26-53-27-45(68)54-22-13-11-10-12-17-44(67)60-47(52(5,6)7)51(71)64-28-36(66)23-41(64)49(69)55-25-34-18-20-35(21-19-34)46-33(4)56-31-72-46/h14-16,18-21,24,30-32,36,41,47,53,66H,9-13,17,22-23,25-29H2,1-8H3,(H,54,68)(H,55,69)(H,60,67)/t36-,41+,47-/m1/s1. The van der Waals surface area contributed by atoms with Crippen molar-refractivity contribution in [3.05, 3.63) is 88.4 Å². The van der Waals surface area contributed by atoms with Gasteiger partial charge < -0.3 is 40.7 Å². The van der Waals surface area contributed by atoms with Gasteiger partial charge in [0, 0.05) is 64.2 Å². The number of rotatable bonds is 22. The zero-order valence-corrected chi connectivity index (χ0v) is 43.5. The molecule has 2 aliphatic rings. The van der Waals surface area contributed by atoms with Crippen LogP contribution in [0.4, 0.5) is 11.6 Å². The maximum absolute atomic E-state index is 14.1. The summed E-state index contributed by atoms with van der Waals surface area (Å²) in [5.41, 5.74) is 6.69. The van der Waals surface area contributed by atoms with Crippen molar-refractivity contribution in [2.24, 2.45) is 5.41 Å². The lowest BCUT2D eigenvalue weighted by molar-refractivity contribution is -0.144. The highest BCUT2D eigenvalue weighted by atomic mass is 32.1. The van der Waals surface area contributed by atoms with Crippen molar-refractivity contribution in [2.45, 2.75) is 137 Å². The number of hydrogen-bond acceptors (Lipinski definition) is 14. The molecule has 5 N–H and O–H groups in total. The maximum atomic E-state index is 14.1. The summed E-state index contributed by atoms with van der Waals surface area (Å²) >= 11 is 1.57. The minimum atomic E-state index is -0.905. The third kappa shape index (κ3) is 12.9. The van der Waals surface area contributed by atoms with Gasteiger partial charge in [0.05, 0.1) is 46.5 Å². The fraction of sp³-hybridized carbons (Fsp3) is 0.500. The molecule has 2 aliphatic heterocycles. The number of nitrogens with one attached hydrogen (secondary N) is 4. The van der Waals surface area contributed by atoms with E-state index in [9.17, 15) is 29.1 Å². The van der Waals surface area contributed by atoms with E-state index in [1.165, 1.54) is 4.90 Å². The van der Waals surface area contributed by atoms with Crippen LogP contribution < -0.4 is 31.1 Å². The minimum Gasteiger partial charge on any atom is -0.391 e. The number of benzene rings is 1. The van der Waals surface area contributed by atoms with Crippen molar-refractivity contribution >= 4 is 52.5 Å². The number of nitrogens with zero attached hydrogens (tertiary/aromatic N) is 9. The number of anilines is 2. The molecule has 0 unspecified atom stereocenters. The number of hydrogen-bond donors (Lipinski definition) is 5. The highest BCUT2D eigenvalue weighted by Crippen LogP contribution is 2.33. The van der Waals surface area contributed by atoms with Crippen LogP contribution in [0.1, 0.15) is 113 Å². The third-order valence-corrected chi connectivity index (χ3v) is 14.2. The summed E-state index contributed by atoms with van der Waals surface area (Å²) in [4.78, 5) is 87.9. The zero-order valence-electron chi connectivity index (χ0n) is 42.7. The summed E-state index contributed by atoms with van der Waals surface area (Å²) in [5.74, 6) is 0.402. The van der Waals surface area contributed by atoms with Gasteiger partial charge in [-0.2, -0.15) is 0 Å². The van der Waals surface area contributed by atoms with E-state index < -0.39 is 29.5 Å². The van der Waals surface area contributed by atoms with Crippen LogP contribution in [0.2, 0.25) is 0 Å². The Hall–Kier alpha value is -6.64. The van der Waals surface area contributed by atoms with E-state index in [0.717, 1.165) is 46.5 Å². The first-order valence-corrected chi connectivity index (χ1v) is 25.8. The van der Waals surface area contributed by atoms with Gasteiger partial charge in [-0.3, -0.25) is 28.9 Å². The molecule has 3 atom stereocenters. The van der Waals surface area contributed by atoms with Gasteiger partial charge in [-0.15, -0.1) is 21.5 Å². The summed E-state index contributed by atoms with van der Waals surface area (Å²) in [6.07, 6.45) is 3.96. The average molecular weight is 1000 g/mol. The number of pyridine rings is 2. The number of likely N-dealkylation sites (tertiary alicyclic amines) is 1. The number of carbonyl (C=O) groups is 5. The molecule has 1 aromatic carbocycles. The Morgan fingerprint density at radius 3 is 2.44 bits per heavy atom. The second kappa shape index (κ2) is 23.7. The molecular weight excluding hydrogens is 935 g/mol. The van der Waals surface area contributed by atoms with Gasteiger partial charge in [-0.1, -0.05) is 63.9 Å². The molecule has 20 heteroatoms. The molecule has 0 radical (unpaired) electrons. The number of aryl methyl sites for hydroxylation is 2. The first kappa shape index (κ1) is 53.2. The van der Waals surface area contributed by atoms with Crippen LogP contribution >= 0.6 is 11.3 Å². The number of aliphatic hydroxyl groups excluding tert-OH is 1. The quantitative estimate of drug-likeness (QED) is 0.0565. The maximum Gasteiger partial charge on any atom is 0.260 e. The molecule has 7 rings (SSSR count). The van der Waals surface area contributed by atoms with Crippen molar-refractivity contribution in [2.75, 3.05) is 36.5 Å². The molecule has 0 spiro atoms. The van der Waals surface area contributed by atoms with Gasteiger partial charge in [0.15, 0.2) is 5.82 Å². The molecule has 1 saturated heterocycles. The topological polar surface area (TPSA) is 233 Å². The van der Waals surface area contributed by atoms with E-state index in [4.69, 9.17) is 9.97 Å². The fourth-order valence-corrected chi connectivity index (χ4v) is 9.69. The van der Waals surface area contributed by atoms with E-state index in [1.807, 2.05) is 99.1 Å². The van der Waals surface area contributed by atoms with Gasteiger partial charge >= 0.3 is 0 Å². The first-order valence-electron chi connectivity index (χ1n) is 24.9. The molecule has 0 aliphatic carbocycles. The SMILES string of the molecule is CCn1cnnc1-c1cccc(N2Cc3c(cc(N(C)C(C)C)nc3CNCC(=O)NCCCCCCC(=O)N[C@H](C(=O)N3C[C@H](O)C[C@H]3C(=O)NCc3ccc(-c4scnc4C)cc3)C(C)(C)C)C2=O)n1. The number of amides is 5. The highest BCUT2D eigenvalue weighted by Gasteiger charge is 2.44. The minimum absolute atomic E-state index is 0.000201. The second-order valence-corrected chi connectivity index (χ2v) is 20.8. The molecule has 72 heavy (non-hydrogen) atoms. The van der Waals surface area contributed by atoms with Gasteiger partial charge in [0.25, 0.3) is 5.91 Å². The Labute approximate surface area is 425 Å². The number of aliphatic hydroxyl groups is 1. The van der Waals surface area contributed by atoms with Crippen LogP contribution in [0.25, 0.3) is 22.0 Å². The van der Waals surface area contributed by atoms with Crippen molar-refractivity contribution < 1.29 is 29.1 Å². The Balaban J connectivity index is 0.835. The number of fused-ring (bicyclic) bond motifs is 1. The molecule has 0 bridgehead atoms. The largest absolute Gasteiger partial charge is 0.391 e. The first-order chi connectivity index (χ1) is 34.4. The van der Waals surface area contributed by atoms with Gasteiger partial charge in [0.1, 0.15) is 35.7 Å². The molecule has 5 aromatic rings. The summed E-state index contributed by atoms with van der Waals surface area (Å²) < 4.78 is 1.89. The molecule has 5 amide bonds. The van der Waals surface area contributed by atoms with E-state index >= 15 is 0 Å². The van der Waals surface area contributed by atoms with Crippen LogP contribution in [0.15, 0.2) is 60.4 Å². The summed E-state index contributed by atoms with van der Waals surface area (Å²) in [6.45, 7) is 15.7. The Kier molecular flexibility index (Phi) is 17.5. The van der Waals surface area contributed by atoms with E-state index in [0.29, 0.717) is 53.9 Å². The summed E-state index contributed by atoms with van der Waals surface area (Å²) in [6, 6.07) is 13.6. The molecule has 1 fully saturated rings. The normalized spacial score (nSPS) is 16.0. The molecule has 384 valence electrons.